The van der Waals surface area contributed by atoms with Gasteiger partial charge >= 0.3 is 0 Å². The normalized spacial score (nSPS) is 42.2. The molecule has 5 atom stereocenters. The van der Waals surface area contributed by atoms with Crippen molar-refractivity contribution in [3.8, 4) is 0 Å². The van der Waals surface area contributed by atoms with Gasteiger partial charge in [0, 0.05) is 11.8 Å². The molecule has 2 heteroatoms. The molecule has 0 aromatic carbocycles. The number of aliphatic hydroxyl groups excluding tert-OH is 1. The summed E-state index contributed by atoms with van der Waals surface area (Å²) in [5.41, 5.74) is 4.18. The van der Waals surface area contributed by atoms with Gasteiger partial charge in [-0.3, -0.25) is 4.79 Å². The van der Waals surface area contributed by atoms with Gasteiger partial charge < -0.3 is 5.11 Å². The van der Waals surface area contributed by atoms with Crippen molar-refractivity contribution in [2.45, 2.75) is 64.9 Å². The number of fused-ring (bicyclic) bond motifs is 4. The van der Waals surface area contributed by atoms with E-state index in [0.29, 0.717) is 30.0 Å². The zero-order chi connectivity index (χ0) is 16.2. The Bertz CT molecular complexity index is 624. The molecule has 1 saturated carbocycles. The number of hydrogen-bond acceptors (Lipinski definition) is 2. The minimum absolute atomic E-state index is 0.0553. The summed E-state index contributed by atoms with van der Waals surface area (Å²) in [4.78, 5) is 11.7. The number of aliphatic hydroxyl groups is 1. The number of allylic oxidation sites excluding steroid dienone is 5. The van der Waals surface area contributed by atoms with Crippen LogP contribution in [0.15, 0.2) is 34.9 Å². The molecule has 4 rings (SSSR count). The molecule has 0 aromatic heterocycles. The summed E-state index contributed by atoms with van der Waals surface area (Å²) in [5.74, 6) is 1.91. The fourth-order valence-electron chi connectivity index (χ4n) is 5.82. The van der Waals surface area contributed by atoms with Gasteiger partial charge in [-0.15, -0.1) is 0 Å². The van der Waals surface area contributed by atoms with E-state index in [2.05, 4.69) is 26.0 Å². The maximum absolute atomic E-state index is 11.7. The third-order valence-corrected chi connectivity index (χ3v) is 7.02. The van der Waals surface area contributed by atoms with Crippen LogP contribution in [0, 0.1) is 23.2 Å². The predicted molar refractivity (Wildman–Crippen MR) is 91.8 cm³/mol. The molecule has 4 aliphatic carbocycles. The van der Waals surface area contributed by atoms with Gasteiger partial charge in [0.1, 0.15) is 0 Å². The van der Waals surface area contributed by atoms with Gasteiger partial charge in [-0.25, -0.2) is 0 Å². The Morgan fingerprint density at radius 2 is 2.13 bits per heavy atom. The highest BCUT2D eigenvalue weighted by atomic mass is 16.3. The first-order valence-electron chi connectivity index (χ1n) is 9.38. The van der Waals surface area contributed by atoms with E-state index < -0.39 is 0 Å². The molecular weight excluding hydrogens is 284 g/mol. The van der Waals surface area contributed by atoms with Crippen LogP contribution in [0.25, 0.3) is 0 Å². The maximum atomic E-state index is 11.7. The molecular formula is C21H28O2. The zero-order valence-electron chi connectivity index (χ0n) is 14.3. The first kappa shape index (κ1) is 15.4. The van der Waals surface area contributed by atoms with Crippen LogP contribution >= 0.6 is 0 Å². The van der Waals surface area contributed by atoms with E-state index in [4.69, 9.17) is 0 Å². The van der Waals surface area contributed by atoms with Crippen LogP contribution < -0.4 is 0 Å². The number of rotatable bonds is 2. The van der Waals surface area contributed by atoms with Crippen LogP contribution in [0.1, 0.15) is 58.8 Å². The lowest BCUT2D eigenvalue weighted by molar-refractivity contribution is -0.114. The lowest BCUT2D eigenvalue weighted by atomic mass is 9.60. The number of hydrogen-bond donors (Lipinski definition) is 1. The average molecular weight is 312 g/mol. The Morgan fingerprint density at radius 1 is 1.30 bits per heavy atom. The van der Waals surface area contributed by atoms with Crippen molar-refractivity contribution < 1.29 is 9.90 Å². The first-order chi connectivity index (χ1) is 11.0. The average Bonchev–Trinajstić information content (AvgIpc) is 2.79. The van der Waals surface area contributed by atoms with E-state index in [9.17, 15) is 9.90 Å². The maximum Gasteiger partial charge on any atom is 0.156 e. The highest BCUT2D eigenvalue weighted by molar-refractivity contribution is 5.93. The summed E-state index contributed by atoms with van der Waals surface area (Å²) in [6.07, 6.45) is 13.5. The molecule has 0 saturated heterocycles. The summed E-state index contributed by atoms with van der Waals surface area (Å²) in [6, 6.07) is 0. The monoisotopic (exact) mass is 312 g/mol. The molecule has 124 valence electrons. The first-order valence-corrected chi connectivity index (χ1v) is 9.38. The van der Waals surface area contributed by atoms with Crippen molar-refractivity contribution in [1.82, 2.24) is 0 Å². The largest absolute Gasteiger partial charge is 0.392 e. The highest BCUT2D eigenvalue weighted by Gasteiger charge is 2.54. The van der Waals surface area contributed by atoms with Crippen LogP contribution in [0.2, 0.25) is 0 Å². The molecule has 0 bridgehead atoms. The van der Waals surface area contributed by atoms with E-state index in [1.807, 2.05) is 6.08 Å². The second kappa shape index (κ2) is 5.44. The smallest absolute Gasteiger partial charge is 0.156 e. The molecule has 1 N–H and O–H groups in total. The Labute approximate surface area is 139 Å². The van der Waals surface area contributed by atoms with E-state index in [1.165, 1.54) is 16.7 Å². The topological polar surface area (TPSA) is 37.3 Å². The second-order valence-corrected chi connectivity index (χ2v) is 8.25. The predicted octanol–water partition coefficient (Wildman–Crippen LogP) is 4.36. The van der Waals surface area contributed by atoms with Crippen molar-refractivity contribution in [3.05, 3.63) is 34.9 Å². The van der Waals surface area contributed by atoms with Gasteiger partial charge in [0.25, 0.3) is 0 Å². The summed E-state index contributed by atoms with van der Waals surface area (Å²) in [6.45, 7) is 4.49. The van der Waals surface area contributed by atoms with Crippen LogP contribution in [0.3, 0.4) is 0 Å². The Kier molecular flexibility index (Phi) is 3.64. The summed E-state index contributed by atoms with van der Waals surface area (Å²) < 4.78 is 0. The van der Waals surface area contributed by atoms with Gasteiger partial charge in [0.2, 0.25) is 0 Å². The summed E-state index contributed by atoms with van der Waals surface area (Å²) in [5, 5.41) is 10.9. The SMILES string of the molecule is CCC[C@@H]1C[C@H]2[C@@H]3CCC4=CC(=O)CCC4=C3C=C[C@]2(C)[C@H]1O. The molecule has 0 amide bonds. The molecule has 23 heavy (non-hydrogen) atoms. The van der Waals surface area contributed by atoms with Gasteiger partial charge in [-0.2, -0.15) is 0 Å². The molecule has 0 heterocycles. The molecule has 0 unspecified atom stereocenters. The quantitative estimate of drug-likeness (QED) is 0.823. The lowest BCUT2D eigenvalue weighted by Crippen LogP contribution is -2.39. The summed E-state index contributed by atoms with van der Waals surface area (Å²) >= 11 is 0. The lowest BCUT2D eigenvalue weighted by Gasteiger charge is -2.44. The number of carbonyl (C=O) groups is 1. The van der Waals surface area contributed by atoms with E-state index in [-0.39, 0.29) is 11.5 Å². The Balaban J connectivity index is 1.74. The molecule has 1 fully saturated rings. The third kappa shape index (κ3) is 2.21. The molecule has 2 nitrogen and oxygen atoms in total. The fourth-order valence-corrected chi connectivity index (χ4v) is 5.82. The summed E-state index contributed by atoms with van der Waals surface area (Å²) in [7, 11) is 0. The fraction of sp³-hybridized carbons (Fsp3) is 0.667. The Hall–Kier alpha value is -1.15. The van der Waals surface area contributed by atoms with Crippen LogP contribution in [0.4, 0.5) is 0 Å². The van der Waals surface area contributed by atoms with Crippen molar-refractivity contribution in [1.29, 1.82) is 0 Å². The minimum atomic E-state index is -0.194. The second-order valence-electron chi connectivity index (χ2n) is 8.25. The van der Waals surface area contributed by atoms with E-state index in [1.54, 1.807) is 0 Å². The molecule has 0 aliphatic heterocycles. The molecule has 0 spiro atoms. The van der Waals surface area contributed by atoms with Crippen molar-refractivity contribution in [3.63, 3.8) is 0 Å². The standard InChI is InChI=1S/C21H28O2/c1-3-4-14-12-19-18-7-5-13-11-15(22)6-8-16(13)17(18)9-10-21(19,2)20(14)23/h9-11,14,18-20,23H,3-8,12H2,1-2H3/t14-,18-,19+,20+,21+/m1/s1. The minimum Gasteiger partial charge on any atom is -0.392 e. The van der Waals surface area contributed by atoms with Crippen LogP contribution in [-0.4, -0.2) is 17.0 Å². The third-order valence-electron chi connectivity index (χ3n) is 7.02. The van der Waals surface area contributed by atoms with Gasteiger partial charge in [0.15, 0.2) is 5.78 Å². The van der Waals surface area contributed by atoms with Gasteiger partial charge in [-0.05, 0) is 72.7 Å². The van der Waals surface area contributed by atoms with Crippen molar-refractivity contribution >= 4 is 5.78 Å². The molecule has 0 radical (unpaired) electrons. The zero-order valence-corrected chi connectivity index (χ0v) is 14.3. The van der Waals surface area contributed by atoms with Gasteiger partial charge in [-0.1, -0.05) is 32.4 Å². The van der Waals surface area contributed by atoms with E-state index >= 15 is 0 Å². The Morgan fingerprint density at radius 3 is 2.91 bits per heavy atom. The molecule has 4 aliphatic rings. The van der Waals surface area contributed by atoms with E-state index in [0.717, 1.165) is 38.5 Å². The van der Waals surface area contributed by atoms with Gasteiger partial charge in [0.05, 0.1) is 6.10 Å². The van der Waals surface area contributed by atoms with Crippen molar-refractivity contribution in [2.24, 2.45) is 23.2 Å². The van der Waals surface area contributed by atoms with Crippen LogP contribution in [0.5, 0.6) is 0 Å². The van der Waals surface area contributed by atoms with Crippen molar-refractivity contribution in [2.75, 3.05) is 0 Å². The highest BCUT2D eigenvalue weighted by Crippen LogP contribution is 2.59. The van der Waals surface area contributed by atoms with Crippen LogP contribution in [-0.2, 0) is 4.79 Å². The number of ketones is 1. The number of carbonyl (C=O) groups excluding carboxylic acids is 1. The molecule has 0 aromatic rings.